The predicted molar refractivity (Wildman–Crippen MR) is 65.2 cm³/mol. The van der Waals surface area contributed by atoms with Gasteiger partial charge in [-0.05, 0) is 44.4 Å². The molecule has 2 heteroatoms. The number of alkyl halides is 2. The van der Waals surface area contributed by atoms with Gasteiger partial charge in [-0.15, -0.1) is 23.2 Å². The van der Waals surface area contributed by atoms with Crippen LogP contribution in [-0.4, -0.2) is 11.3 Å². The van der Waals surface area contributed by atoms with E-state index in [4.69, 9.17) is 23.2 Å². The molecule has 0 heterocycles. The molecule has 0 fully saturated rings. The first kappa shape index (κ1) is 12.1. The number of hydrogen-bond acceptors (Lipinski definition) is 0. The molecule has 0 aliphatic heterocycles. The van der Waals surface area contributed by atoms with Crippen molar-refractivity contribution in [3.63, 3.8) is 0 Å². The first-order valence-electron chi connectivity index (χ1n) is 4.96. The van der Waals surface area contributed by atoms with E-state index in [-0.39, 0.29) is 10.8 Å². The molecule has 1 rings (SSSR count). The van der Waals surface area contributed by atoms with Crippen LogP contribution in [0.5, 0.6) is 0 Å². The van der Waals surface area contributed by atoms with E-state index in [1.807, 2.05) is 6.92 Å². The van der Waals surface area contributed by atoms with Crippen LogP contribution in [0.4, 0.5) is 0 Å². The molecule has 80 valence electrons. The minimum atomic E-state index is -0.0442. The zero-order valence-electron chi connectivity index (χ0n) is 9.54. The Hall–Kier alpha value is 0.0600. The molecule has 0 aromatic rings. The summed E-state index contributed by atoms with van der Waals surface area (Å²) < 4.78 is 0. The molecule has 14 heavy (non-hydrogen) atoms. The van der Waals surface area contributed by atoms with E-state index in [1.165, 1.54) is 22.3 Å². The van der Waals surface area contributed by atoms with Crippen molar-refractivity contribution in [3.05, 3.63) is 22.3 Å². The maximum atomic E-state index is 6.30. The summed E-state index contributed by atoms with van der Waals surface area (Å²) in [5.74, 6) is 0.577. The maximum absolute atomic E-state index is 6.30. The van der Waals surface area contributed by atoms with Crippen molar-refractivity contribution in [1.82, 2.24) is 0 Å². The Bertz CT molecular complexity index is 310. The average Bonchev–Trinajstić information content (AvgIpc) is 2.29. The lowest BCUT2D eigenvalue weighted by molar-refractivity contribution is 0.477. The summed E-state index contributed by atoms with van der Waals surface area (Å²) >= 11 is 12.3. The lowest BCUT2D eigenvalue weighted by Crippen LogP contribution is -2.28. The second-order valence-corrected chi connectivity index (χ2v) is 5.23. The predicted octanol–water partition coefficient (Wildman–Crippen LogP) is 4.53. The van der Waals surface area contributed by atoms with Crippen LogP contribution >= 0.6 is 23.2 Å². The normalized spacial score (nSPS) is 30.2. The number of rotatable bonds is 2. The van der Waals surface area contributed by atoms with Gasteiger partial charge in [0.25, 0.3) is 0 Å². The Balaban J connectivity index is 3.33. The second kappa shape index (κ2) is 3.90. The molecule has 0 amide bonds. The Morgan fingerprint density at radius 3 is 2.00 bits per heavy atom. The van der Waals surface area contributed by atoms with Gasteiger partial charge >= 0.3 is 0 Å². The van der Waals surface area contributed by atoms with Crippen LogP contribution in [0.2, 0.25) is 0 Å². The van der Waals surface area contributed by atoms with Gasteiger partial charge in [0.15, 0.2) is 0 Å². The Kier molecular flexibility index (Phi) is 3.38. The molecule has 0 spiro atoms. The van der Waals surface area contributed by atoms with Crippen LogP contribution in [0, 0.1) is 5.41 Å². The minimum Gasteiger partial charge on any atom is -0.122 e. The van der Waals surface area contributed by atoms with Crippen molar-refractivity contribution in [3.8, 4) is 0 Å². The van der Waals surface area contributed by atoms with Gasteiger partial charge in [-0.3, -0.25) is 0 Å². The molecule has 0 unspecified atom stereocenters. The highest BCUT2D eigenvalue weighted by atomic mass is 35.5. The lowest BCUT2D eigenvalue weighted by atomic mass is 9.77. The Morgan fingerprint density at radius 1 is 1.21 bits per heavy atom. The van der Waals surface area contributed by atoms with Crippen molar-refractivity contribution in [2.24, 2.45) is 5.41 Å². The van der Waals surface area contributed by atoms with E-state index in [0.29, 0.717) is 5.88 Å². The molecule has 1 aliphatic rings. The van der Waals surface area contributed by atoms with E-state index in [0.717, 1.165) is 0 Å². The van der Waals surface area contributed by atoms with Crippen LogP contribution in [0.1, 0.15) is 34.6 Å². The number of hydrogen-bond donors (Lipinski definition) is 0. The standard InChI is InChI=1S/C12H18Cl2/c1-7-8(2)11(6-13)12(5,9(7)3)10(4)14/h10H,6H2,1-5H3/t10-,12-/m0/s1. The zero-order valence-corrected chi connectivity index (χ0v) is 11.1. The molecule has 1 aliphatic carbocycles. The van der Waals surface area contributed by atoms with Crippen LogP contribution in [0.3, 0.4) is 0 Å². The van der Waals surface area contributed by atoms with Crippen molar-refractivity contribution in [2.45, 2.75) is 40.0 Å². The quantitative estimate of drug-likeness (QED) is 0.615. The number of allylic oxidation sites excluding steroid dienone is 4. The lowest BCUT2D eigenvalue weighted by Gasteiger charge is -2.32. The smallest absolute Gasteiger partial charge is 0.0448 e. The van der Waals surface area contributed by atoms with Gasteiger partial charge in [0.1, 0.15) is 0 Å². The first-order valence-corrected chi connectivity index (χ1v) is 5.93. The third-order valence-corrected chi connectivity index (χ3v) is 4.62. The van der Waals surface area contributed by atoms with Gasteiger partial charge in [-0.25, -0.2) is 0 Å². The topological polar surface area (TPSA) is 0 Å². The Morgan fingerprint density at radius 2 is 1.71 bits per heavy atom. The molecule has 0 saturated carbocycles. The van der Waals surface area contributed by atoms with E-state index in [9.17, 15) is 0 Å². The average molecular weight is 233 g/mol. The van der Waals surface area contributed by atoms with Gasteiger partial charge in [-0.1, -0.05) is 12.5 Å². The highest BCUT2D eigenvalue weighted by Gasteiger charge is 2.41. The molecule has 0 saturated heterocycles. The van der Waals surface area contributed by atoms with E-state index < -0.39 is 0 Å². The summed E-state index contributed by atoms with van der Waals surface area (Å²) in [4.78, 5) is 0. The fourth-order valence-corrected chi connectivity index (χ4v) is 3.06. The van der Waals surface area contributed by atoms with E-state index >= 15 is 0 Å². The van der Waals surface area contributed by atoms with Crippen molar-refractivity contribution >= 4 is 23.2 Å². The van der Waals surface area contributed by atoms with Crippen molar-refractivity contribution in [2.75, 3.05) is 5.88 Å². The van der Waals surface area contributed by atoms with Gasteiger partial charge < -0.3 is 0 Å². The third kappa shape index (κ3) is 1.44. The summed E-state index contributed by atoms with van der Waals surface area (Å²) in [6.45, 7) is 10.7. The number of halogens is 2. The molecule has 0 nitrogen and oxygen atoms in total. The monoisotopic (exact) mass is 232 g/mol. The van der Waals surface area contributed by atoms with E-state index in [1.54, 1.807) is 0 Å². The maximum Gasteiger partial charge on any atom is 0.0448 e. The molecule has 2 atom stereocenters. The van der Waals surface area contributed by atoms with Crippen molar-refractivity contribution < 1.29 is 0 Å². The highest BCUT2D eigenvalue weighted by molar-refractivity contribution is 6.22. The molecule has 0 bridgehead atoms. The zero-order chi connectivity index (χ0) is 11.1. The van der Waals surface area contributed by atoms with Crippen LogP contribution < -0.4 is 0 Å². The van der Waals surface area contributed by atoms with Crippen LogP contribution in [0.15, 0.2) is 22.3 Å². The van der Waals surface area contributed by atoms with Crippen molar-refractivity contribution in [1.29, 1.82) is 0 Å². The molecule has 0 N–H and O–H groups in total. The molecular weight excluding hydrogens is 215 g/mol. The Labute approximate surface area is 97.0 Å². The third-order valence-electron chi connectivity index (χ3n) is 3.91. The second-order valence-electron chi connectivity index (χ2n) is 4.31. The first-order chi connectivity index (χ1) is 6.37. The highest BCUT2D eigenvalue weighted by Crippen LogP contribution is 2.50. The van der Waals surface area contributed by atoms with Gasteiger partial charge in [-0.2, -0.15) is 0 Å². The summed E-state index contributed by atoms with van der Waals surface area (Å²) in [5, 5.41) is 0.0867. The van der Waals surface area contributed by atoms with Gasteiger partial charge in [0.2, 0.25) is 0 Å². The summed E-state index contributed by atoms with van der Waals surface area (Å²) in [6.07, 6.45) is 0. The van der Waals surface area contributed by atoms with Gasteiger partial charge in [0, 0.05) is 16.7 Å². The van der Waals surface area contributed by atoms with E-state index in [2.05, 4.69) is 27.7 Å². The van der Waals surface area contributed by atoms with Crippen LogP contribution in [-0.2, 0) is 0 Å². The molecule has 0 aromatic heterocycles. The SMILES string of the molecule is CC1=C(C)[C@@](C)([C@H](C)Cl)C(CCl)=C1C. The van der Waals surface area contributed by atoms with Gasteiger partial charge in [0.05, 0.1) is 0 Å². The molecule has 0 radical (unpaired) electrons. The molecular formula is C12H18Cl2. The fraction of sp³-hybridized carbons (Fsp3) is 0.667. The minimum absolute atomic E-state index is 0.0442. The molecule has 0 aromatic carbocycles. The fourth-order valence-electron chi connectivity index (χ4n) is 2.29. The largest absolute Gasteiger partial charge is 0.122 e. The summed E-state index contributed by atoms with van der Waals surface area (Å²) in [5.41, 5.74) is 5.30. The van der Waals surface area contributed by atoms with Crippen LogP contribution in [0.25, 0.3) is 0 Å². The summed E-state index contributed by atoms with van der Waals surface area (Å²) in [7, 11) is 0. The summed E-state index contributed by atoms with van der Waals surface area (Å²) in [6, 6.07) is 0.